The maximum atomic E-state index is 11.4. The predicted molar refractivity (Wildman–Crippen MR) is 97.7 cm³/mol. The fraction of sp³-hybridized carbons (Fsp3) is 0.105. The zero-order valence-corrected chi connectivity index (χ0v) is 13.7. The average Bonchev–Trinajstić information content (AvgIpc) is 2.61. The summed E-state index contributed by atoms with van der Waals surface area (Å²) >= 11 is 0. The van der Waals surface area contributed by atoms with Gasteiger partial charge in [0.2, 0.25) is 5.91 Å². The molecular formula is C19H17N3O3. The van der Waals surface area contributed by atoms with Crippen LogP contribution in [-0.4, -0.2) is 17.9 Å². The minimum absolute atomic E-state index is 0.119. The highest BCUT2D eigenvalue weighted by molar-refractivity contribution is 5.94. The molecule has 2 N–H and O–H groups in total. The minimum Gasteiger partial charge on any atom is -0.366 e. The van der Waals surface area contributed by atoms with Crippen LogP contribution in [0.5, 0.6) is 0 Å². The maximum absolute atomic E-state index is 11.4. The largest absolute Gasteiger partial charge is 0.366 e. The van der Waals surface area contributed by atoms with Crippen molar-refractivity contribution in [1.82, 2.24) is 0 Å². The van der Waals surface area contributed by atoms with Crippen LogP contribution in [0.2, 0.25) is 0 Å². The van der Waals surface area contributed by atoms with Gasteiger partial charge in [0, 0.05) is 25.2 Å². The number of nitro groups is 1. The summed E-state index contributed by atoms with van der Waals surface area (Å²) in [5, 5.41) is 13.6. The molecule has 0 bridgehead atoms. The molecule has 0 aromatic heterocycles. The number of carbonyl (C=O) groups is 1. The Morgan fingerprint density at radius 3 is 2.56 bits per heavy atom. The molecule has 0 saturated carbocycles. The highest BCUT2D eigenvalue weighted by atomic mass is 16.6. The minimum atomic E-state index is -0.689. The molecule has 3 rings (SSSR count). The second-order valence-electron chi connectivity index (χ2n) is 5.82. The van der Waals surface area contributed by atoms with E-state index in [9.17, 15) is 14.9 Å². The fourth-order valence-corrected chi connectivity index (χ4v) is 2.92. The molecule has 6 nitrogen and oxygen atoms in total. The number of anilines is 1. The third-order valence-corrected chi connectivity index (χ3v) is 4.16. The van der Waals surface area contributed by atoms with Crippen molar-refractivity contribution >= 4 is 28.1 Å². The fourth-order valence-electron chi connectivity index (χ4n) is 2.92. The molecule has 3 aromatic rings. The number of benzene rings is 3. The molecule has 126 valence electrons. The van der Waals surface area contributed by atoms with Gasteiger partial charge in [0.25, 0.3) is 5.69 Å². The molecular weight excluding hydrogens is 318 g/mol. The molecule has 0 aliphatic rings. The van der Waals surface area contributed by atoms with Crippen molar-refractivity contribution in [2.75, 3.05) is 11.9 Å². The molecule has 0 aliphatic heterocycles. The van der Waals surface area contributed by atoms with E-state index in [0.29, 0.717) is 12.2 Å². The summed E-state index contributed by atoms with van der Waals surface area (Å²) in [5.41, 5.74) is 6.70. The average molecular weight is 335 g/mol. The summed E-state index contributed by atoms with van der Waals surface area (Å²) in [7, 11) is 1.79. The van der Waals surface area contributed by atoms with Crippen molar-refractivity contribution in [3.63, 3.8) is 0 Å². The topological polar surface area (TPSA) is 89.5 Å². The molecule has 1 amide bonds. The van der Waals surface area contributed by atoms with Gasteiger partial charge in [0.1, 0.15) is 5.69 Å². The number of nitrogens with two attached hydrogens (primary N) is 1. The number of rotatable bonds is 5. The first kappa shape index (κ1) is 16.4. The number of carbonyl (C=O) groups excluding carboxylic acids is 1. The quantitative estimate of drug-likeness (QED) is 0.571. The van der Waals surface area contributed by atoms with Crippen molar-refractivity contribution in [2.45, 2.75) is 6.54 Å². The second-order valence-corrected chi connectivity index (χ2v) is 5.82. The number of nitro benzene ring substituents is 1. The summed E-state index contributed by atoms with van der Waals surface area (Å²) in [6.07, 6.45) is 0. The lowest BCUT2D eigenvalue weighted by Crippen LogP contribution is -2.19. The molecule has 0 spiro atoms. The third-order valence-electron chi connectivity index (χ3n) is 4.16. The molecule has 0 atom stereocenters. The van der Waals surface area contributed by atoms with Gasteiger partial charge in [-0.2, -0.15) is 0 Å². The Morgan fingerprint density at radius 1 is 1.12 bits per heavy atom. The standard InChI is InChI=1S/C19H17N3O3/c1-21(12-15-7-4-6-13-5-2-3-8-16(13)15)17-10-9-14(19(20)23)11-18(17)22(24)25/h2-11H,12H2,1H3,(H2,20,23). The lowest BCUT2D eigenvalue weighted by atomic mass is 10.0. The van der Waals surface area contributed by atoms with Gasteiger partial charge >= 0.3 is 0 Å². The van der Waals surface area contributed by atoms with Crippen molar-refractivity contribution in [2.24, 2.45) is 5.73 Å². The van der Waals surface area contributed by atoms with Crippen molar-refractivity contribution < 1.29 is 9.72 Å². The lowest BCUT2D eigenvalue weighted by Gasteiger charge is -2.20. The first-order valence-electron chi connectivity index (χ1n) is 7.73. The molecule has 0 heterocycles. The van der Waals surface area contributed by atoms with Gasteiger partial charge in [-0.1, -0.05) is 42.5 Å². The summed E-state index contributed by atoms with van der Waals surface area (Å²) in [6.45, 7) is 0.498. The van der Waals surface area contributed by atoms with Crippen molar-refractivity contribution in [1.29, 1.82) is 0 Å². The Morgan fingerprint density at radius 2 is 1.84 bits per heavy atom. The molecule has 0 aliphatic carbocycles. The van der Waals surface area contributed by atoms with E-state index in [0.717, 1.165) is 16.3 Å². The Kier molecular flexibility index (Phi) is 4.35. The van der Waals surface area contributed by atoms with Crippen LogP contribution in [0, 0.1) is 10.1 Å². The van der Waals surface area contributed by atoms with Crippen molar-refractivity contribution in [3.05, 3.63) is 81.9 Å². The van der Waals surface area contributed by atoms with Crippen LogP contribution >= 0.6 is 0 Å². The van der Waals surface area contributed by atoms with Crippen LogP contribution in [0.1, 0.15) is 15.9 Å². The van der Waals surface area contributed by atoms with Gasteiger partial charge in [-0.3, -0.25) is 14.9 Å². The molecule has 6 heteroatoms. The van der Waals surface area contributed by atoms with Gasteiger partial charge in [-0.25, -0.2) is 0 Å². The van der Waals surface area contributed by atoms with Gasteiger partial charge < -0.3 is 10.6 Å². The molecule has 0 radical (unpaired) electrons. The highest BCUT2D eigenvalue weighted by Gasteiger charge is 2.20. The van der Waals surface area contributed by atoms with Gasteiger partial charge in [0.15, 0.2) is 0 Å². The number of hydrogen-bond acceptors (Lipinski definition) is 4. The molecule has 0 saturated heterocycles. The smallest absolute Gasteiger partial charge is 0.293 e. The van der Waals surface area contributed by atoms with E-state index in [4.69, 9.17) is 5.73 Å². The number of nitrogens with zero attached hydrogens (tertiary/aromatic N) is 2. The molecule has 0 unspecified atom stereocenters. The highest BCUT2D eigenvalue weighted by Crippen LogP contribution is 2.30. The Labute approximate surface area is 144 Å². The van der Waals surface area contributed by atoms with Crippen molar-refractivity contribution in [3.8, 4) is 0 Å². The van der Waals surface area contributed by atoms with E-state index < -0.39 is 10.8 Å². The number of primary amides is 1. The van der Waals surface area contributed by atoms with Crippen LogP contribution in [0.4, 0.5) is 11.4 Å². The number of amides is 1. The van der Waals surface area contributed by atoms with Gasteiger partial charge in [-0.05, 0) is 28.5 Å². The number of hydrogen-bond donors (Lipinski definition) is 1. The summed E-state index contributed by atoms with van der Waals surface area (Å²) in [5.74, 6) is -0.689. The van der Waals surface area contributed by atoms with E-state index >= 15 is 0 Å². The van der Waals surface area contributed by atoms with Crippen LogP contribution in [-0.2, 0) is 6.54 Å². The molecule has 3 aromatic carbocycles. The SMILES string of the molecule is CN(Cc1cccc2ccccc12)c1ccc(C(N)=O)cc1[N+](=O)[O-]. The van der Waals surface area contributed by atoms with Gasteiger partial charge in [-0.15, -0.1) is 0 Å². The van der Waals surface area contributed by atoms with Crippen LogP contribution in [0.15, 0.2) is 60.7 Å². The molecule has 0 fully saturated rings. The van der Waals surface area contributed by atoms with Crippen LogP contribution in [0.3, 0.4) is 0 Å². The van der Waals surface area contributed by atoms with Crippen LogP contribution in [0.25, 0.3) is 10.8 Å². The van der Waals surface area contributed by atoms with E-state index in [-0.39, 0.29) is 11.3 Å². The zero-order chi connectivity index (χ0) is 18.0. The van der Waals surface area contributed by atoms with Gasteiger partial charge in [0.05, 0.1) is 4.92 Å². The Balaban J connectivity index is 1.99. The summed E-state index contributed by atoms with van der Waals surface area (Å²) in [6, 6.07) is 18.3. The Bertz CT molecular complexity index is 964. The lowest BCUT2D eigenvalue weighted by molar-refractivity contribution is -0.384. The first-order valence-corrected chi connectivity index (χ1v) is 7.73. The Hall–Kier alpha value is -3.41. The normalized spacial score (nSPS) is 10.6. The monoisotopic (exact) mass is 335 g/mol. The predicted octanol–water partition coefficient (Wildman–Crippen LogP) is 3.48. The van der Waals surface area contributed by atoms with E-state index in [1.807, 2.05) is 42.5 Å². The van der Waals surface area contributed by atoms with E-state index in [1.54, 1.807) is 18.0 Å². The third kappa shape index (κ3) is 3.28. The van der Waals surface area contributed by atoms with E-state index in [1.165, 1.54) is 12.1 Å². The molecule has 25 heavy (non-hydrogen) atoms. The first-order chi connectivity index (χ1) is 12.0. The van der Waals surface area contributed by atoms with Crippen LogP contribution < -0.4 is 10.6 Å². The summed E-state index contributed by atoms with van der Waals surface area (Å²) in [4.78, 5) is 24.0. The second kappa shape index (κ2) is 6.60. The maximum Gasteiger partial charge on any atom is 0.293 e. The zero-order valence-electron chi connectivity index (χ0n) is 13.7. The number of fused-ring (bicyclic) bond motifs is 1. The summed E-state index contributed by atoms with van der Waals surface area (Å²) < 4.78 is 0. The van der Waals surface area contributed by atoms with E-state index in [2.05, 4.69) is 0 Å².